The zero-order valence-corrected chi connectivity index (χ0v) is 9.34. The van der Waals surface area contributed by atoms with Crippen molar-refractivity contribution in [1.82, 2.24) is 9.97 Å². The third-order valence-electron chi connectivity index (χ3n) is 2.07. The van der Waals surface area contributed by atoms with Crippen molar-refractivity contribution in [3.8, 4) is 0 Å². The number of furan rings is 1. The van der Waals surface area contributed by atoms with E-state index in [1.165, 1.54) is 0 Å². The van der Waals surface area contributed by atoms with Crippen molar-refractivity contribution in [1.29, 1.82) is 0 Å². The lowest BCUT2D eigenvalue weighted by atomic mass is 10.4. The number of nitrogens with one attached hydrogen (secondary N) is 1. The normalized spacial score (nSPS) is 10.1. The third kappa shape index (κ3) is 2.50. The van der Waals surface area contributed by atoms with Crippen molar-refractivity contribution in [2.24, 2.45) is 0 Å². The van der Waals surface area contributed by atoms with Crippen LogP contribution >= 0.6 is 0 Å². The summed E-state index contributed by atoms with van der Waals surface area (Å²) < 4.78 is 5.22. The van der Waals surface area contributed by atoms with Crippen molar-refractivity contribution >= 4 is 11.8 Å². The summed E-state index contributed by atoms with van der Waals surface area (Å²) in [5.74, 6) is 2.35. The summed E-state index contributed by atoms with van der Waals surface area (Å²) in [6.45, 7) is 0.622. The van der Waals surface area contributed by atoms with Crippen LogP contribution in [0.15, 0.2) is 35.1 Å². The van der Waals surface area contributed by atoms with Crippen LogP contribution in [0.25, 0.3) is 0 Å². The summed E-state index contributed by atoms with van der Waals surface area (Å²) in [6, 6.07) is 5.61. The Labute approximate surface area is 94.1 Å². The number of nitrogens with zero attached hydrogens (tertiary/aromatic N) is 3. The quantitative estimate of drug-likeness (QED) is 0.847. The van der Waals surface area contributed by atoms with E-state index in [-0.39, 0.29) is 0 Å². The molecule has 0 saturated heterocycles. The Balaban J connectivity index is 2.01. The molecule has 2 aromatic heterocycles. The molecular weight excluding hydrogens is 204 g/mol. The molecular formula is C11H14N4O. The van der Waals surface area contributed by atoms with E-state index in [0.29, 0.717) is 12.5 Å². The van der Waals surface area contributed by atoms with Crippen LogP contribution in [0.3, 0.4) is 0 Å². The van der Waals surface area contributed by atoms with Crippen LogP contribution in [-0.2, 0) is 6.54 Å². The zero-order valence-electron chi connectivity index (χ0n) is 9.34. The van der Waals surface area contributed by atoms with Gasteiger partial charge >= 0.3 is 0 Å². The molecule has 0 saturated carbocycles. The van der Waals surface area contributed by atoms with Gasteiger partial charge in [0.25, 0.3) is 0 Å². The summed E-state index contributed by atoms with van der Waals surface area (Å²) in [5.41, 5.74) is 0. The molecule has 2 aromatic rings. The van der Waals surface area contributed by atoms with E-state index in [4.69, 9.17) is 4.42 Å². The zero-order chi connectivity index (χ0) is 11.4. The Morgan fingerprint density at radius 3 is 2.94 bits per heavy atom. The van der Waals surface area contributed by atoms with Crippen LogP contribution in [-0.4, -0.2) is 24.1 Å². The van der Waals surface area contributed by atoms with Crippen LogP contribution in [0.2, 0.25) is 0 Å². The van der Waals surface area contributed by atoms with Gasteiger partial charge in [-0.3, -0.25) is 0 Å². The van der Waals surface area contributed by atoms with E-state index in [1.807, 2.05) is 37.2 Å². The first-order chi connectivity index (χ1) is 7.75. The highest BCUT2D eigenvalue weighted by molar-refractivity contribution is 5.40. The SMILES string of the molecule is CN(C)c1nccc(NCc2ccco2)n1. The summed E-state index contributed by atoms with van der Waals surface area (Å²) in [7, 11) is 3.82. The maximum Gasteiger partial charge on any atom is 0.226 e. The van der Waals surface area contributed by atoms with Gasteiger partial charge in [-0.15, -0.1) is 0 Å². The second kappa shape index (κ2) is 4.65. The molecule has 0 radical (unpaired) electrons. The number of anilines is 2. The van der Waals surface area contributed by atoms with E-state index in [9.17, 15) is 0 Å². The van der Waals surface area contributed by atoms with Crippen molar-refractivity contribution in [2.45, 2.75) is 6.54 Å². The van der Waals surface area contributed by atoms with E-state index >= 15 is 0 Å². The van der Waals surface area contributed by atoms with Crippen LogP contribution < -0.4 is 10.2 Å². The van der Waals surface area contributed by atoms with Gasteiger partial charge < -0.3 is 14.6 Å². The van der Waals surface area contributed by atoms with Gasteiger partial charge in [0.2, 0.25) is 5.95 Å². The second-order valence-corrected chi connectivity index (χ2v) is 3.57. The van der Waals surface area contributed by atoms with Crippen molar-refractivity contribution < 1.29 is 4.42 Å². The Bertz CT molecular complexity index is 439. The van der Waals surface area contributed by atoms with Crippen LogP contribution in [0.5, 0.6) is 0 Å². The van der Waals surface area contributed by atoms with Gasteiger partial charge in [0.15, 0.2) is 0 Å². The van der Waals surface area contributed by atoms with Crippen LogP contribution in [0.4, 0.5) is 11.8 Å². The van der Waals surface area contributed by atoms with E-state index in [2.05, 4.69) is 15.3 Å². The maximum absolute atomic E-state index is 5.22. The van der Waals surface area contributed by atoms with Crippen LogP contribution in [0.1, 0.15) is 5.76 Å². The molecule has 84 valence electrons. The average Bonchev–Trinajstić information content (AvgIpc) is 2.79. The Morgan fingerprint density at radius 1 is 1.38 bits per heavy atom. The Kier molecular flexibility index (Phi) is 3.05. The minimum atomic E-state index is 0.622. The first kappa shape index (κ1) is 10.5. The number of aromatic nitrogens is 2. The third-order valence-corrected chi connectivity index (χ3v) is 2.07. The molecule has 0 aliphatic carbocycles. The minimum absolute atomic E-state index is 0.622. The van der Waals surface area contributed by atoms with Crippen molar-refractivity contribution in [3.63, 3.8) is 0 Å². The fourth-order valence-corrected chi connectivity index (χ4v) is 1.25. The van der Waals surface area contributed by atoms with Gasteiger partial charge in [-0.05, 0) is 18.2 Å². The first-order valence-electron chi connectivity index (χ1n) is 5.02. The summed E-state index contributed by atoms with van der Waals surface area (Å²) >= 11 is 0. The largest absolute Gasteiger partial charge is 0.467 e. The highest BCUT2D eigenvalue weighted by atomic mass is 16.3. The lowest BCUT2D eigenvalue weighted by molar-refractivity contribution is 0.518. The summed E-state index contributed by atoms with van der Waals surface area (Å²) in [6.07, 6.45) is 3.38. The molecule has 0 fully saturated rings. The van der Waals surface area contributed by atoms with Gasteiger partial charge in [-0.1, -0.05) is 0 Å². The molecule has 0 atom stereocenters. The molecule has 0 bridgehead atoms. The van der Waals surface area contributed by atoms with Gasteiger partial charge in [0.1, 0.15) is 11.6 Å². The lowest BCUT2D eigenvalue weighted by Gasteiger charge is -2.11. The molecule has 16 heavy (non-hydrogen) atoms. The molecule has 0 aliphatic heterocycles. The van der Waals surface area contributed by atoms with E-state index in [1.54, 1.807) is 12.5 Å². The lowest BCUT2D eigenvalue weighted by Crippen LogP contribution is -2.13. The predicted molar refractivity (Wildman–Crippen MR) is 62.4 cm³/mol. The number of rotatable bonds is 4. The molecule has 1 N–H and O–H groups in total. The smallest absolute Gasteiger partial charge is 0.226 e. The number of hydrogen-bond donors (Lipinski definition) is 1. The highest BCUT2D eigenvalue weighted by Gasteiger charge is 2.01. The fraction of sp³-hybridized carbons (Fsp3) is 0.273. The molecule has 2 heterocycles. The molecule has 0 spiro atoms. The molecule has 0 aliphatic rings. The van der Waals surface area contributed by atoms with Crippen LogP contribution in [0, 0.1) is 0 Å². The second-order valence-electron chi connectivity index (χ2n) is 3.57. The highest BCUT2D eigenvalue weighted by Crippen LogP contribution is 2.09. The molecule has 0 amide bonds. The Morgan fingerprint density at radius 2 is 2.25 bits per heavy atom. The topological polar surface area (TPSA) is 54.2 Å². The molecule has 0 unspecified atom stereocenters. The monoisotopic (exact) mass is 218 g/mol. The molecule has 2 rings (SSSR count). The first-order valence-corrected chi connectivity index (χ1v) is 5.02. The van der Waals surface area contributed by atoms with E-state index < -0.39 is 0 Å². The summed E-state index contributed by atoms with van der Waals surface area (Å²) in [5, 5.41) is 3.17. The maximum atomic E-state index is 5.22. The van der Waals surface area contributed by atoms with Gasteiger partial charge in [-0.2, -0.15) is 4.98 Å². The molecule has 0 aromatic carbocycles. The van der Waals surface area contributed by atoms with Crippen molar-refractivity contribution in [2.75, 3.05) is 24.3 Å². The van der Waals surface area contributed by atoms with Gasteiger partial charge in [0, 0.05) is 20.3 Å². The Hall–Kier alpha value is -2.04. The molecule has 5 nitrogen and oxygen atoms in total. The predicted octanol–water partition coefficient (Wildman–Crippen LogP) is 1.75. The number of hydrogen-bond acceptors (Lipinski definition) is 5. The average molecular weight is 218 g/mol. The molecule has 5 heteroatoms. The summed E-state index contributed by atoms with van der Waals surface area (Å²) in [4.78, 5) is 10.3. The van der Waals surface area contributed by atoms with E-state index in [0.717, 1.165) is 11.6 Å². The standard InChI is InChI=1S/C11H14N4O/c1-15(2)11-12-6-5-10(14-11)13-8-9-4-3-7-16-9/h3-7H,8H2,1-2H3,(H,12,13,14). The van der Waals surface area contributed by atoms with Gasteiger partial charge in [-0.25, -0.2) is 4.98 Å². The van der Waals surface area contributed by atoms with Gasteiger partial charge in [0.05, 0.1) is 12.8 Å². The fourth-order valence-electron chi connectivity index (χ4n) is 1.25. The van der Waals surface area contributed by atoms with Crippen molar-refractivity contribution in [3.05, 3.63) is 36.4 Å². The minimum Gasteiger partial charge on any atom is -0.467 e.